The van der Waals surface area contributed by atoms with E-state index in [1.54, 1.807) is 32.8 Å². The maximum Gasteiger partial charge on any atom is 0.376 e. The van der Waals surface area contributed by atoms with Crippen molar-refractivity contribution < 1.29 is 13.6 Å². The summed E-state index contributed by atoms with van der Waals surface area (Å²) in [5.74, 6) is 0. The van der Waals surface area contributed by atoms with Gasteiger partial charge in [0.05, 0.1) is 13.2 Å². The van der Waals surface area contributed by atoms with Crippen LogP contribution in [0.15, 0.2) is 12.0 Å². The van der Waals surface area contributed by atoms with Gasteiger partial charge in [0.2, 0.25) is 0 Å². The summed E-state index contributed by atoms with van der Waals surface area (Å²) in [6.07, 6.45) is 0. The molecule has 0 spiro atoms. The Kier molecular flexibility index (Phi) is 5.30. The minimum Gasteiger partial charge on any atom is -0.372 e. The van der Waals surface area contributed by atoms with Crippen molar-refractivity contribution in [2.24, 2.45) is 0 Å². The van der Waals surface area contributed by atoms with Crippen LogP contribution in [-0.2, 0) is 13.6 Å². The molecule has 0 fully saturated rings. The molecule has 0 aliphatic heterocycles. The molecule has 0 amide bonds. The number of hydrogen-bond acceptors (Lipinski definition) is 4. The second-order valence-electron chi connectivity index (χ2n) is 2.64. The van der Waals surface area contributed by atoms with Crippen LogP contribution in [0.3, 0.4) is 0 Å². The first-order valence-electron chi connectivity index (χ1n) is 4.23. The lowest BCUT2D eigenvalue weighted by Gasteiger charge is -2.23. The zero-order valence-electron chi connectivity index (χ0n) is 8.74. The van der Waals surface area contributed by atoms with Gasteiger partial charge in [-0.3, -0.25) is 4.57 Å². The summed E-state index contributed by atoms with van der Waals surface area (Å²) < 4.78 is 22.1. The summed E-state index contributed by atoms with van der Waals surface area (Å²) >= 11 is 0. The molecule has 0 heterocycles. The van der Waals surface area contributed by atoms with Gasteiger partial charge in [0, 0.05) is 14.1 Å². The summed E-state index contributed by atoms with van der Waals surface area (Å²) in [5.41, 5.74) is 0.385. The molecule has 0 unspecified atom stereocenters. The predicted molar refractivity (Wildman–Crippen MR) is 53.7 cm³/mol. The van der Waals surface area contributed by atoms with E-state index in [-0.39, 0.29) is 0 Å². The quantitative estimate of drug-likeness (QED) is 0.626. The van der Waals surface area contributed by atoms with E-state index < -0.39 is 7.60 Å². The number of nitrogens with zero attached hydrogens (tertiary/aromatic N) is 1. The molecule has 0 radical (unpaired) electrons. The van der Waals surface area contributed by atoms with Crippen molar-refractivity contribution in [2.75, 3.05) is 27.3 Å². The van der Waals surface area contributed by atoms with E-state index in [1.807, 2.05) is 0 Å². The van der Waals surface area contributed by atoms with Gasteiger partial charge >= 0.3 is 7.60 Å². The SMILES string of the molecule is C=C(N(C)C)P(=O)(OCC)OCC. The van der Waals surface area contributed by atoms with E-state index in [0.29, 0.717) is 18.7 Å². The van der Waals surface area contributed by atoms with Crippen LogP contribution in [0.4, 0.5) is 0 Å². The molecule has 0 aromatic heterocycles. The zero-order chi connectivity index (χ0) is 10.5. The molecule has 0 aromatic rings. The fourth-order valence-electron chi connectivity index (χ4n) is 0.771. The first-order valence-corrected chi connectivity index (χ1v) is 5.78. The molecule has 0 saturated heterocycles. The van der Waals surface area contributed by atoms with E-state index in [1.165, 1.54) is 0 Å². The average molecular weight is 207 g/mol. The molecular weight excluding hydrogens is 189 g/mol. The highest BCUT2D eigenvalue weighted by Gasteiger charge is 2.29. The molecule has 0 saturated carbocycles. The van der Waals surface area contributed by atoms with Gasteiger partial charge in [0.25, 0.3) is 0 Å². The first-order chi connectivity index (χ1) is 5.98. The van der Waals surface area contributed by atoms with Gasteiger partial charge in [-0.2, -0.15) is 0 Å². The summed E-state index contributed by atoms with van der Waals surface area (Å²) in [7, 11) is 0.379. The van der Waals surface area contributed by atoms with E-state index in [9.17, 15) is 4.57 Å². The Morgan fingerprint density at radius 3 is 1.92 bits per heavy atom. The molecule has 0 atom stereocenters. The van der Waals surface area contributed by atoms with Gasteiger partial charge in [-0.05, 0) is 13.8 Å². The molecule has 0 aliphatic rings. The summed E-state index contributed by atoms with van der Waals surface area (Å²) in [5, 5.41) is 0. The van der Waals surface area contributed by atoms with E-state index in [0.717, 1.165) is 0 Å². The lowest BCUT2D eigenvalue weighted by molar-refractivity contribution is 0.219. The monoisotopic (exact) mass is 207 g/mol. The van der Waals surface area contributed by atoms with Gasteiger partial charge in [-0.1, -0.05) is 6.58 Å². The highest BCUT2D eigenvalue weighted by molar-refractivity contribution is 7.58. The molecule has 0 aromatic carbocycles. The second-order valence-corrected chi connectivity index (χ2v) is 4.67. The lowest BCUT2D eigenvalue weighted by Crippen LogP contribution is -2.13. The van der Waals surface area contributed by atoms with Gasteiger partial charge < -0.3 is 13.9 Å². The molecule has 0 rings (SSSR count). The highest BCUT2D eigenvalue weighted by Crippen LogP contribution is 2.55. The second kappa shape index (κ2) is 5.43. The fraction of sp³-hybridized carbons (Fsp3) is 0.750. The van der Waals surface area contributed by atoms with Crippen molar-refractivity contribution in [3.8, 4) is 0 Å². The summed E-state index contributed by atoms with van der Waals surface area (Å²) in [6, 6.07) is 0. The molecule has 0 bridgehead atoms. The molecule has 13 heavy (non-hydrogen) atoms. The molecule has 4 nitrogen and oxygen atoms in total. The topological polar surface area (TPSA) is 38.8 Å². The Morgan fingerprint density at radius 1 is 1.31 bits per heavy atom. The van der Waals surface area contributed by atoms with Crippen LogP contribution in [0.1, 0.15) is 13.8 Å². The maximum atomic E-state index is 12.0. The van der Waals surface area contributed by atoms with Gasteiger partial charge in [0.15, 0.2) is 0 Å². The number of hydrogen-bond donors (Lipinski definition) is 0. The van der Waals surface area contributed by atoms with Gasteiger partial charge in [-0.15, -0.1) is 0 Å². The van der Waals surface area contributed by atoms with Gasteiger partial charge in [0.1, 0.15) is 5.44 Å². The first kappa shape index (κ1) is 12.7. The molecule has 78 valence electrons. The van der Waals surface area contributed by atoms with Crippen molar-refractivity contribution in [3.63, 3.8) is 0 Å². The minimum absolute atomic E-state index is 0.351. The van der Waals surface area contributed by atoms with Crippen molar-refractivity contribution in [1.82, 2.24) is 4.90 Å². The van der Waals surface area contributed by atoms with Crippen LogP contribution in [0.25, 0.3) is 0 Å². The van der Waals surface area contributed by atoms with Crippen molar-refractivity contribution in [3.05, 3.63) is 12.0 Å². The molecule has 0 N–H and O–H groups in total. The highest BCUT2D eigenvalue weighted by atomic mass is 31.2. The van der Waals surface area contributed by atoms with E-state index in [2.05, 4.69) is 6.58 Å². The summed E-state index contributed by atoms with van der Waals surface area (Å²) in [6.45, 7) is 7.92. The third-order valence-electron chi connectivity index (χ3n) is 1.43. The standard InChI is InChI=1S/C8H18NO3P/c1-6-11-13(10,12-7-2)8(3)9(4)5/h3,6-7H2,1-2,4-5H3. The van der Waals surface area contributed by atoms with Gasteiger partial charge in [-0.25, -0.2) is 0 Å². The van der Waals surface area contributed by atoms with Crippen molar-refractivity contribution in [2.45, 2.75) is 13.8 Å². The predicted octanol–water partition coefficient (Wildman–Crippen LogP) is 2.29. The van der Waals surface area contributed by atoms with Crippen molar-refractivity contribution >= 4 is 7.60 Å². The largest absolute Gasteiger partial charge is 0.376 e. The Labute approximate surface area is 80.1 Å². The van der Waals surface area contributed by atoms with E-state index >= 15 is 0 Å². The average Bonchev–Trinajstić information content (AvgIpc) is 2.03. The Hall–Kier alpha value is -0.310. The van der Waals surface area contributed by atoms with Crippen LogP contribution in [0, 0.1) is 0 Å². The zero-order valence-corrected chi connectivity index (χ0v) is 9.63. The normalized spacial score (nSPS) is 11.4. The van der Waals surface area contributed by atoms with Crippen LogP contribution < -0.4 is 0 Å². The lowest BCUT2D eigenvalue weighted by atomic mass is 10.8. The maximum absolute atomic E-state index is 12.0. The smallest absolute Gasteiger partial charge is 0.372 e. The summed E-state index contributed by atoms with van der Waals surface area (Å²) in [4.78, 5) is 1.64. The van der Waals surface area contributed by atoms with Crippen LogP contribution in [0.2, 0.25) is 0 Å². The fourth-order valence-corrected chi connectivity index (χ4v) is 2.31. The van der Waals surface area contributed by atoms with E-state index in [4.69, 9.17) is 9.05 Å². The Bertz CT molecular complexity index is 205. The molecule has 0 aliphatic carbocycles. The third-order valence-corrected chi connectivity index (χ3v) is 3.66. The van der Waals surface area contributed by atoms with Crippen molar-refractivity contribution in [1.29, 1.82) is 0 Å². The molecule has 5 heteroatoms. The number of rotatable bonds is 6. The van der Waals surface area contributed by atoms with Crippen LogP contribution in [-0.4, -0.2) is 32.2 Å². The Balaban J connectivity index is 4.58. The van der Waals surface area contributed by atoms with Crippen LogP contribution in [0.5, 0.6) is 0 Å². The third kappa shape index (κ3) is 3.51. The minimum atomic E-state index is -3.14. The molecular formula is C8H18NO3P. The Morgan fingerprint density at radius 2 is 1.69 bits per heavy atom. The van der Waals surface area contributed by atoms with Crippen LogP contribution >= 0.6 is 7.60 Å².